The summed E-state index contributed by atoms with van der Waals surface area (Å²) in [5.41, 5.74) is 5.94. The molecule has 2 aliphatic rings. The fraction of sp³-hybridized carbons (Fsp3) is 0.941. The molecular formula is C17H33ClN2O. The molecule has 1 amide bonds. The maximum Gasteiger partial charge on any atom is 0.225 e. The smallest absolute Gasteiger partial charge is 0.225 e. The van der Waals surface area contributed by atoms with Crippen LogP contribution in [0.5, 0.6) is 0 Å². The minimum Gasteiger partial charge on any atom is -0.342 e. The van der Waals surface area contributed by atoms with Gasteiger partial charge in [-0.25, -0.2) is 0 Å². The summed E-state index contributed by atoms with van der Waals surface area (Å²) in [4.78, 5) is 14.8. The molecule has 4 heteroatoms. The first-order valence-corrected chi connectivity index (χ1v) is 8.75. The van der Waals surface area contributed by atoms with Gasteiger partial charge in [0.25, 0.3) is 0 Å². The third-order valence-corrected chi connectivity index (χ3v) is 5.18. The second kappa shape index (κ2) is 9.68. The third kappa shape index (κ3) is 5.78. The predicted octanol–water partition coefficient (Wildman–Crippen LogP) is 3.74. The molecule has 1 unspecified atom stereocenters. The fourth-order valence-electron chi connectivity index (χ4n) is 3.89. The highest BCUT2D eigenvalue weighted by atomic mass is 35.5. The van der Waals surface area contributed by atoms with Crippen molar-refractivity contribution < 1.29 is 4.79 Å². The van der Waals surface area contributed by atoms with E-state index in [1.807, 2.05) is 0 Å². The molecule has 2 N–H and O–H groups in total. The van der Waals surface area contributed by atoms with Crippen molar-refractivity contribution in [3.8, 4) is 0 Å². The standard InChI is InChI=1S/C17H32N2O.ClH/c1-2-6-15(13-14-7-4-3-5-8-14)17(20)19-11-9-16(18)10-12-19;/h14-16H,2-13,18H2,1H3;1H. The van der Waals surface area contributed by atoms with Crippen molar-refractivity contribution in [1.82, 2.24) is 4.90 Å². The normalized spacial score (nSPS) is 22.7. The van der Waals surface area contributed by atoms with E-state index in [2.05, 4.69) is 11.8 Å². The Morgan fingerprint density at radius 1 is 1.14 bits per heavy atom. The Bertz CT molecular complexity index is 297. The van der Waals surface area contributed by atoms with Crippen molar-refractivity contribution in [2.45, 2.75) is 77.2 Å². The average Bonchev–Trinajstić information content (AvgIpc) is 2.48. The Balaban J connectivity index is 0.00000220. The van der Waals surface area contributed by atoms with Gasteiger partial charge in [-0.1, -0.05) is 45.4 Å². The van der Waals surface area contributed by atoms with Gasteiger partial charge in [-0.05, 0) is 31.6 Å². The maximum atomic E-state index is 12.8. The van der Waals surface area contributed by atoms with Crippen LogP contribution in [0.3, 0.4) is 0 Å². The average molecular weight is 317 g/mol. The Morgan fingerprint density at radius 3 is 2.33 bits per heavy atom. The van der Waals surface area contributed by atoms with Crippen LogP contribution in [0.15, 0.2) is 0 Å². The van der Waals surface area contributed by atoms with Gasteiger partial charge in [0.05, 0.1) is 0 Å². The van der Waals surface area contributed by atoms with Crippen LogP contribution in [0.25, 0.3) is 0 Å². The molecule has 2 fully saturated rings. The van der Waals surface area contributed by atoms with Crippen LogP contribution in [0.4, 0.5) is 0 Å². The van der Waals surface area contributed by atoms with Gasteiger partial charge >= 0.3 is 0 Å². The summed E-state index contributed by atoms with van der Waals surface area (Å²) < 4.78 is 0. The lowest BCUT2D eigenvalue weighted by Crippen LogP contribution is -2.45. The van der Waals surface area contributed by atoms with Crippen LogP contribution >= 0.6 is 12.4 Å². The van der Waals surface area contributed by atoms with E-state index >= 15 is 0 Å². The number of amides is 1. The van der Waals surface area contributed by atoms with E-state index in [0.717, 1.165) is 51.1 Å². The Labute approximate surface area is 136 Å². The lowest BCUT2D eigenvalue weighted by atomic mass is 9.81. The largest absolute Gasteiger partial charge is 0.342 e. The van der Waals surface area contributed by atoms with Gasteiger partial charge in [0.15, 0.2) is 0 Å². The number of hydrogen-bond donors (Lipinski definition) is 1. The second-order valence-electron chi connectivity index (χ2n) is 6.89. The molecule has 1 atom stereocenters. The first-order chi connectivity index (χ1) is 9.70. The molecule has 124 valence electrons. The predicted molar refractivity (Wildman–Crippen MR) is 90.6 cm³/mol. The number of nitrogens with zero attached hydrogens (tertiary/aromatic N) is 1. The van der Waals surface area contributed by atoms with E-state index in [4.69, 9.17) is 5.73 Å². The van der Waals surface area contributed by atoms with Crippen LogP contribution in [0, 0.1) is 11.8 Å². The van der Waals surface area contributed by atoms with E-state index in [9.17, 15) is 4.79 Å². The summed E-state index contributed by atoms with van der Waals surface area (Å²) in [5.74, 6) is 1.50. The zero-order chi connectivity index (χ0) is 14.4. The lowest BCUT2D eigenvalue weighted by Gasteiger charge is -2.34. The number of rotatable bonds is 5. The molecule has 0 aromatic carbocycles. The van der Waals surface area contributed by atoms with E-state index in [0.29, 0.717) is 11.9 Å². The minimum absolute atomic E-state index is 0. The summed E-state index contributed by atoms with van der Waals surface area (Å²) >= 11 is 0. The summed E-state index contributed by atoms with van der Waals surface area (Å²) in [6.45, 7) is 3.96. The Morgan fingerprint density at radius 2 is 1.76 bits per heavy atom. The van der Waals surface area contributed by atoms with E-state index in [-0.39, 0.29) is 18.3 Å². The number of hydrogen-bond acceptors (Lipinski definition) is 2. The Hall–Kier alpha value is -0.280. The number of halogens is 1. The summed E-state index contributed by atoms with van der Waals surface area (Å²) in [5, 5.41) is 0. The molecule has 1 saturated heterocycles. The highest BCUT2D eigenvalue weighted by Crippen LogP contribution is 2.31. The van der Waals surface area contributed by atoms with Gasteiger partial charge < -0.3 is 10.6 Å². The number of carbonyl (C=O) groups is 1. The third-order valence-electron chi connectivity index (χ3n) is 5.18. The molecule has 0 aromatic rings. The molecular weight excluding hydrogens is 284 g/mol. The maximum absolute atomic E-state index is 12.8. The molecule has 0 bridgehead atoms. The van der Waals surface area contributed by atoms with Crippen LogP contribution in [0.1, 0.15) is 71.1 Å². The topological polar surface area (TPSA) is 46.3 Å². The first-order valence-electron chi connectivity index (χ1n) is 8.75. The molecule has 3 nitrogen and oxygen atoms in total. The van der Waals surface area contributed by atoms with Crippen molar-refractivity contribution in [2.75, 3.05) is 13.1 Å². The van der Waals surface area contributed by atoms with Crippen molar-refractivity contribution >= 4 is 18.3 Å². The SMILES string of the molecule is CCCC(CC1CCCCC1)C(=O)N1CCC(N)CC1.Cl. The van der Waals surface area contributed by atoms with Gasteiger partial charge in [0.2, 0.25) is 5.91 Å². The molecule has 0 spiro atoms. The zero-order valence-corrected chi connectivity index (χ0v) is 14.4. The van der Waals surface area contributed by atoms with Crippen molar-refractivity contribution in [1.29, 1.82) is 0 Å². The van der Waals surface area contributed by atoms with E-state index in [1.54, 1.807) is 0 Å². The molecule has 0 radical (unpaired) electrons. The monoisotopic (exact) mass is 316 g/mol. The quantitative estimate of drug-likeness (QED) is 0.839. The molecule has 1 saturated carbocycles. The molecule has 1 aliphatic carbocycles. The molecule has 1 heterocycles. The molecule has 0 aromatic heterocycles. The van der Waals surface area contributed by atoms with Crippen LogP contribution < -0.4 is 5.73 Å². The summed E-state index contributed by atoms with van der Waals surface area (Å²) in [6.07, 6.45) is 12.1. The molecule has 2 rings (SSSR count). The van der Waals surface area contributed by atoms with Gasteiger partial charge in [-0.3, -0.25) is 4.79 Å². The zero-order valence-electron chi connectivity index (χ0n) is 13.6. The second-order valence-corrected chi connectivity index (χ2v) is 6.89. The summed E-state index contributed by atoms with van der Waals surface area (Å²) in [6, 6.07) is 0.307. The van der Waals surface area contributed by atoms with Crippen molar-refractivity contribution in [3.63, 3.8) is 0 Å². The van der Waals surface area contributed by atoms with Crippen LogP contribution in [-0.2, 0) is 4.79 Å². The number of carbonyl (C=O) groups excluding carboxylic acids is 1. The lowest BCUT2D eigenvalue weighted by molar-refractivity contribution is -0.137. The first kappa shape index (κ1) is 18.8. The molecule has 1 aliphatic heterocycles. The summed E-state index contributed by atoms with van der Waals surface area (Å²) in [7, 11) is 0. The van der Waals surface area contributed by atoms with Crippen molar-refractivity contribution in [3.05, 3.63) is 0 Å². The van der Waals surface area contributed by atoms with Gasteiger partial charge in [0, 0.05) is 25.0 Å². The van der Waals surface area contributed by atoms with Crippen LogP contribution in [0.2, 0.25) is 0 Å². The highest BCUT2D eigenvalue weighted by molar-refractivity contribution is 5.85. The fourth-order valence-corrected chi connectivity index (χ4v) is 3.89. The molecule has 21 heavy (non-hydrogen) atoms. The van der Waals surface area contributed by atoms with Crippen molar-refractivity contribution in [2.24, 2.45) is 17.6 Å². The number of piperidine rings is 1. The van der Waals surface area contributed by atoms with Gasteiger partial charge in [-0.15, -0.1) is 12.4 Å². The van der Waals surface area contributed by atoms with Crippen LogP contribution in [-0.4, -0.2) is 29.9 Å². The van der Waals surface area contributed by atoms with E-state index < -0.39 is 0 Å². The Kier molecular flexibility index (Phi) is 8.65. The van der Waals surface area contributed by atoms with E-state index in [1.165, 1.54) is 32.1 Å². The minimum atomic E-state index is 0. The van der Waals surface area contributed by atoms with Gasteiger partial charge in [-0.2, -0.15) is 0 Å². The number of nitrogens with two attached hydrogens (primary N) is 1. The van der Waals surface area contributed by atoms with Gasteiger partial charge in [0.1, 0.15) is 0 Å². The number of likely N-dealkylation sites (tertiary alicyclic amines) is 1. The highest BCUT2D eigenvalue weighted by Gasteiger charge is 2.29.